The number of hydrogen-bond acceptors (Lipinski definition) is 5. The van der Waals surface area contributed by atoms with Gasteiger partial charge in [0.2, 0.25) is 0 Å². The first-order chi connectivity index (χ1) is 11.6. The van der Waals surface area contributed by atoms with Gasteiger partial charge in [-0.05, 0) is 31.5 Å². The van der Waals surface area contributed by atoms with Crippen LogP contribution in [0, 0.1) is 13.8 Å². The molecule has 0 saturated heterocycles. The molecule has 0 aliphatic carbocycles. The third kappa shape index (κ3) is 3.96. The molecule has 24 heavy (non-hydrogen) atoms. The van der Waals surface area contributed by atoms with E-state index in [1.54, 1.807) is 22.3 Å². The molecule has 0 atom stereocenters. The van der Waals surface area contributed by atoms with E-state index in [0.717, 1.165) is 26.8 Å². The number of hydrogen-bond donors (Lipinski definition) is 2. The highest BCUT2D eigenvalue weighted by Gasteiger charge is 2.07. The molecule has 124 valence electrons. The van der Waals surface area contributed by atoms with Gasteiger partial charge < -0.3 is 10.6 Å². The largest absolute Gasteiger partial charge is 0.334 e. The SMILES string of the molecule is Cc1nc(C)c(CNC(=O)NCc2cccc(-n3cncn3)c2)s1. The lowest BCUT2D eigenvalue weighted by Gasteiger charge is -2.08. The zero-order valence-electron chi connectivity index (χ0n) is 13.5. The van der Waals surface area contributed by atoms with E-state index < -0.39 is 0 Å². The molecule has 3 aromatic rings. The van der Waals surface area contributed by atoms with Crippen molar-refractivity contribution in [3.05, 3.63) is 58.1 Å². The van der Waals surface area contributed by atoms with Crippen molar-refractivity contribution < 1.29 is 4.79 Å². The van der Waals surface area contributed by atoms with Gasteiger partial charge in [0.1, 0.15) is 12.7 Å². The van der Waals surface area contributed by atoms with E-state index in [-0.39, 0.29) is 6.03 Å². The lowest BCUT2D eigenvalue weighted by Crippen LogP contribution is -2.34. The number of benzene rings is 1. The first-order valence-corrected chi connectivity index (χ1v) is 8.32. The standard InChI is InChI=1S/C16H18N6OS/c1-11-15(24-12(2)21-11)8-19-16(23)18-7-13-4-3-5-14(6-13)22-10-17-9-20-22/h3-6,9-10H,7-8H2,1-2H3,(H2,18,19,23). The van der Waals surface area contributed by atoms with Crippen molar-refractivity contribution in [2.75, 3.05) is 0 Å². The number of rotatable bonds is 5. The number of carbonyl (C=O) groups excluding carboxylic acids is 1. The Bertz CT molecular complexity index is 827. The Hall–Kier alpha value is -2.74. The molecule has 0 bridgehead atoms. The minimum Gasteiger partial charge on any atom is -0.334 e. The highest BCUT2D eigenvalue weighted by molar-refractivity contribution is 7.11. The molecule has 0 unspecified atom stereocenters. The number of nitrogens with one attached hydrogen (secondary N) is 2. The Kier molecular flexibility index (Phi) is 4.85. The highest BCUT2D eigenvalue weighted by atomic mass is 32.1. The van der Waals surface area contributed by atoms with Crippen LogP contribution in [-0.4, -0.2) is 25.8 Å². The maximum Gasteiger partial charge on any atom is 0.315 e. The van der Waals surface area contributed by atoms with Crippen LogP contribution in [0.15, 0.2) is 36.9 Å². The number of carbonyl (C=O) groups is 1. The quantitative estimate of drug-likeness (QED) is 0.745. The Balaban J connectivity index is 1.53. The molecule has 2 amide bonds. The van der Waals surface area contributed by atoms with Gasteiger partial charge in [0, 0.05) is 11.4 Å². The highest BCUT2D eigenvalue weighted by Crippen LogP contribution is 2.16. The van der Waals surface area contributed by atoms with Gasteiger partial charge in [0.05, 0.1) is 22.9 Å². The van der Waals surface area contributed by atoms with E-state index in [2.05, 4.69) is 25.7 Å². The average Bonchev–Trinajstić information content (AvgIpc) is 3.21. The molecular weight excluding hydrogens is 324 g/mol. The lowest BCUT2D eigenvalue weighted by atomic mass is 10.2. The fourth-order valence-electron chi connectivity index (χ4n) is 2.29. The van der Waals surface area contributed by atoms with Crippen LogP contribution < -0.4 is 10.6 Å². The van der Waals surface area contributed by atoms with Gasteiger partial charge in [-0.2, -0.15) is 5.10 Å². The van der Waals surface area contributed by atoms with Gasteiger partial charge in [-0.3, -0.25) is 0 Å². The van der Waals surface area contributed by atoms with Crippen LogP contribution in [-0.2, 0) is 13.1 Å². The first kappa shape index (κ1) is 16.1. The summed E-state index contributed by atoms with van der Waals surface area (Å²) in [6.45, 7) is 4.84. The lowest BCUT2D eigenvalue weighted by molar-refractivity contribution is 0.240. The molecule has 8 heteroatoms. The number of aromatic nitrogens is 4. The molecule has 7 nitrogen and oxygen atoms in total. The maximum atomic E-state index is 12.0. The van der Waals surface area contributed by atoms with Crippen LogP contribution in [0.1, 0.15) is 21.1 Å². The van der Waals surface area contributed by atoms with Crippen molar-refractivity contribution in [2.24, 2.45) is 0 Å². The van der Waals surface area contributed by atoms with Crippen LogP contribution in [0.3, 0.4) is 0 Å². The van der Waals surface area contributed by atoms with Gasteiger partial charge >= 0.3 is 6.03 Å². The Labute approximate surface area is 143 Å². The van der Waals surface area contributed by atoms with Crippen molar-refractivity contribution in [3.8, 4) is 5.69 Å². The molecule has 0 radical (unpaired) electrons. The number of thiazole rings is 1. The second-order valence-electron chi connectivity index (χ2n) is 5.29. The molecule has 2 aromatic heterocycles. The zero-order chi connectivity index (χ0) is 16.9. The third-order valence-electron chi connectivity index (χ3n) is 3.46. The predicted octanol–water partition coefficient (Wildman–Crippen LogP) is 2.34. The third-order valence-corrected chi connectivity index (χ3v) is 4.53. The summed E-state index contributed by atoms with van der Waals surface area (Å²) < 4.78 is 1.68. The van der Waals surface area contributed by atoms with E-state index in [9.17, 15) is 4.79 Å². The first-order valence-electron chi connectivity index (χ1n) is 7.50. The summed E-state index contributed by atoms with van der Waals surface area (Å²) in [5, 5.41) is 10.8. The van der Waals surface area contributed by atoms with E-state index in [0.29, 0.717) is 13.1 Å². The number of urea groups is 1. The summed E-state index contributed by atoms with van der Waals surface area (Å²) in [5.74, 6) is 0. The molecule has 3 rings (SSSR count). The number of aryl methyl sites for hydroxylation is 2. The summed E-state index contributed by atoms with van der Waals surface area (Å²) in [6, 6.07) is 7.58. The fourth-order valence-corrected chi connectivity index (χ4v) is 3.17. The zero-order valence-corrected chi connectivity index (χ0v) is 14.3. The molecule has 1 aromatic carbocycles. The van der Waals surface area contributed by atoms with E-state index in [4.69, 9.17) is 0 Å². The minimum absolute atomic E-state index is 0.202. The van der Waals surface area contributed by atoms with Crippen molar-refractivity contribution in [2.45, 2.75) is 26.9 Å². The van der Waals surface area contributed by atoms with Crippen LogP contribution >= 0.6 is 11.3 Å². The van der Waals surface area contributed by atoms with E-state index >= 15 is 0 Å². The molecule has 0 spiro atoms. The summed E-state index contributed by atoms with van der Waals surface area (Å²) in [7, 11) is 0. The van der Waals surface area contributed by atoms with Crippen LogP contribution in [0.25, 0.3) is 5.69 Å². The second kappa shape index (κ2) is 7.22. The second-order valence-corrected chi connectivity index (χ2v) is 6.58. The molecule has 0 aliphatic heterocycles. The molecule has 0 aliphatic rings. The van der Waals surface area contributed by atoms with Gasteiger partial charge in [0.15, 0.2) is 0 Å². The monoisotopic (exact) mass is 342 g/mol. The summed E-state index contributed by atoms with van der Waals surface area (Å²) in [5.41, 5.74) is 2.87. The van der Waals surface area contributed by atoms with Crippen LogP contribution in [0.5, 0.6) is 0 Å². The molecule has 2 N–H and O–H groups in total. The smallest absolute Gasteiger partial charge is 0.315 e. The Morgan fingerprint density at radius 2 is 2.08 bits per heavy atom. The van der Waals surface area contributed by atoms with Gasteiger partial charge in [-0.1, -0.05) is 12.1 Å². The number of amides is 2. The molecular formula is C16H18N6OS. The Morgan fingerprint density at radius 3 is 2.79 bits per heavy atom. The normalized spacial score (nSPS) is 10.6. The molecule has 0 saturated carbocycles. The van der Waals surface area contributed by atoms with E-state index in [1.165, 1.54) is 6.33 Å². The van der Waals surface area contributed by atoms with Crippen LogP contribution in [0.2, 0.25) is 0 Å². The van der Waals surface area contributed by atoms with Crippen molar-refractivity contribution in [1.29, 1.82) is 0 Å². The van der Waals surface area contributed by atoms with Gasteiger partial charge in [0.25, 0.3) is 0 Å². The average molecular weight is 342 g/mol. The molecule has 2 heterocycles. The van der Waals surface area contributed by atoms with Crippen molar-refractivity contribution in [1.82, 2.24) is 30.4 Å². The van der Waals surface area contributed by atoms with Gasteiger partial charge in [-0.25, -0.2) is 19.4 Å². The van der Waals surface area contributed by atoms with Crippen molar-refractivity contribution >= 4 is 17.4 Å². The fraction of sp³-hybridized carbons (Fsp3) is 0.250. The van der Waals surface area contributed by atoms with Crippen molar-refractivity contribution in [3.63, 3.8) is 0 Å². The van der Waals surface area contributed by atoms with E-state index in [1.807, 2.05) is 38.1 Å². The minimum atomic E-state index is -0.202. The number of nitrogens with zero attached hydrogens (tertiary/aromatic N) is 4. The summed E-state index contributed by atoms with van der Waals surface area (Å²) in [4.78, 5) is 21.3. The summed E-state index contributed by atoms with van der Waals surface area (Å²) in [6.07, 6.45) is 3.13. The van der Waals surface area contributed by atoms with Gasteiger partial charge in [-0.15, -0.1) is 11.3 Å². The predicted molar refractivity (Wildman–Crippen MR) is 92.0 cm³/mol. The molecule has 0 fully saturated rings. The topological polar surface area (TPSA) is 84.7 Å². The summed E-state index contributed by atoms with van der Waals surface area (Å²) >= 11 is 1.60. The maximum absolute atomic E-state index is 12.0. The van der Waals surface area contributed by atoms with Crippen LogP contribution in [0.4, 0.5) is 4.79 Å². The Morgan fingerprint density at radius 1 is 1.25 bits per heavy atom.